The van der Waals surface area contributed by atoms with Gasteiger partial charge in [-0.25, -0.2) is 24.0 Å². The van der Waals surface area contributed by atoms with Gasteiger partial charge in [0.1, 0.15) is 17.3 Å². The quantitative estimate of drug-likeness (QED) is 0.568. The van der Waals surface area contributed by atoms with Gasteiger partial charge in [-0.2, -0.15) is 5.10 Å². The van der Waals surface area contributed by atoms with Crippen LogP contribution in [0.2, 0.25) is 0 Å². The summed E-state index contributed by atoms with van der Waals surface area (Å²) in [5.41, 5.74) is 7.34. The van der Waals surface area contributed by atoms with Crippen LogP contribution in [0, 0.1) is 5.82 Å². The monoisotopic (exact) mass is 376 g/mol. The van der Waals surface area contributed by atoms with E-state index in [2.05, 4.69) is 20.1 Å². The zero-order valence-electron chi connectivity index (χ0n) is 14.9. The highest BCUT2D eigenvalue weighted by Crippen LogP contribution is 2.47. The molecule has 8 heteroatoms. The van der Waals surface area contributed by atoms with Gasteiger partial charge in [-0.1, -0.05) is 18.2 Å². The summed E-state index contributed by atoms with van der Waals surface area (Å²) in [6, 6.07) is 10.2. The van der Waals surface area contributed by atoms with E-state index in [1.54, 1.807) is 41.3 Å². The van der Waals surface area contributed by atoms with E-state index in [4.69, 9.17) is 5.73 Å². The minimum absolute atomic E-state index is 0.230. The zero-order valence-corrected chi connectivity index (χ0v) is 14.9. The second-order valence-corrected chi connectivity index (χ2v) is 7.00. The van der Waals surface area contributed by atoms with Gasteiger partial charge in [0.25, 0.3) is 0 Å². The van der Waals surface area contributed by atoms with Crippen molar-refractivity contribution in [1.29, 1.82) is 0 Å². The summed E-state index contributed by atoms with van der Waals surface area (Å²) in [6.07, 6.45) is 4.53. The van der Waals surface area contributed by atoms with Gasteiger partial charge >= 0.3 is 0 Å². The Hall–Kier alpha value is -3.39. The molecular weight excluding hydrogens is 359 g/mol. The number of rotatable bonds is 4. The van der Waals surface area contributed by atoms with Crippen molar-refractivity contribution in [3.8, 4) is 11.5 Å². The van der Waals surface area contributed by atoms with E-state index in [1.807, 2.05) is 6.07 Å². The Morgan fingerprint density at radius 3 is 2.71 bits per heavy atom. The van der Waals surface area contributed by atoms with Crippen LogP contribution in [-0.2, 0) is 12.1 Å². The molecular formula is C20H17FN6O. The summed E-state index contributed by atoms with van der Waals surface area (Å²) in [5, 5.41) is 15.6. The number of aliphatic hydroxyl groups is 1. The zero-order chi connectivity index (χ0) is 19.3. The molecule has 1 aliphatic rings. The fourth-order valence-electron chi connectivity index (χ4n) is 3.33. The summed E-state index contributed by atoms with van der Waals surface area (Å²) < 4.78 is 15.7. The van der Waals surface area contributed by atoms with Crippen molar-refractivity contribution in [1.82, 2.24) is 24.7 Å². The Kier molecular flexibility index (Phi) is 3.63. The number of nitrogen functional groups attached to an aromatic ring is 1. The van der Waals surface area contributed by atoms with E-state index in [9.17, 15) is 9.50 Å². The lowest BCUT2D eigenvalue weighted by Crippen LogP contribution is -2.11. The maximum absolute atomic E-state index is 14.1. The Labute approximate surface area is 159 Å². The minimum atomic E-state index is -0.906. The molecule has 0 bridgehead atoms. The second-order valence-electron chi connectivity index (χ2n) is 7.00. The SMILES string of the molecule is Nc1nc(-c2nn(Cc3ccccc3F)c3ncccc23)ncc1C1(O)CC1. The van der Waals surface area contributed by atoms with Crippen molar-refractivity contribution in [3.05, 3.63) is 65.7 Å². The van der Waals surface area contributed by atoms with Gasteiger partial charge in [0.05, 0.1) is 17.5 Å². The third-order valence-corrected chi connectivity index (χ3v) is 5.04. The molecule has 1 aliphatic carbocycles. The first kappa shape index (κ1) is 16.8. The first-order valence-electron chi connectivity index (χ1n) is 8.96. The van der Waals surface area contributed by atoms with Crippen LogP contribution in [0.4, 0.5) is 10.2 Å². The van der Waals surface area contributed by atoms with Crippen LogP contribution < -0.4 is 5.73 Å². The lowest BCUT2D eigenvalue weighted by molar-refractivity contribution is 0.151. The van der Waals surface area contributed by atoms with Crippen LogP contribution in [0.5, 0.6) is 0 Å². The average molecular weight is 376 g/mol. The Morgan fingerprint density at radius 2 is 1.96 bits per heavy atom. The van der Waals surface area contributed by atoms with Crippen LogP contribution in [0.15, 0.2) is 48.8 Å². The molecule has 1 saturated carbocycles. The van der Waals surface area contributed by atoms with Gasteiger partial charge in [0, 0.05) is 23.5 Å². The summed E-state index contributed by atoms with van der Waals surface area (Å²) in [7, 11) is 0. The molecule has 0 saturated heterocycles. The molecule has 1 fully saturated rings. The molecule has 0 radical (unpaired) electrons. The molecule has 4 aromatic rings. The molecule has 140 valence electrons. The maximum atomic E-state index is 14.1. The smallest absolute Gasteiger partial charge is 0.182 e. The number of aromatic nitrogens is 5. The number of nitrogens with two attached hydrogens (primary N) is 1. The molecule has 0 aliphatic heterocycles. The molecule has 0 spiro atoms. The maximum Gasteiger partial charge on any atom is 0.182 e. The van der Waals surface area contributed by atoms with Crippen LogP contribution in [0.1, 0.15) is 24.0 Å². The minimum Gasteiger partial charge on any atom is -0.385 e. The normalized spacial score (nSPS) is 15.1. The van der Waals surface area contributed by atoms with E-state index in [1.165, 1.54) is 6.07 Å². The highest BCUT2D eigenvalue weighted by molar-refractivity contribution is 5.89. The van der Waals surface area contributed by atoms with Crippen molar-refractivity contribution in [2.24, 2.45) is 0 Å². The molecule has 3 N–H and O–H groups in total. The number of hydrogen-bond acceptors (Lipinski definition) is 6. The molecule has 0 amide bonds. The number of nitrogens with zero attached hydrogens (tertiary/aromatic N) is 5. The third-order valence-electron chi connectivity index (χ3n) is 5.04. The van der Waals surface area contributed by atoms with Crippen molar-refractivity contribution in [3.63, 3.8) is 0 Å². The molecule has 1 aromatic carbocycles. The fourth-order valence-corrected chi connectivity index (χ4v) is 3.33. The Bertz CT molecular complexity index is 1200. The lowest BCUT2D eigenvalue weighted by atomic mass is 10.1. The first-order chi connectivity index (χ1) is 13.5. The van der Waals surface area contributed by atoms with Gasteiger partial charge in [-0.05, 0) is 31.0 Å². The molecule has 0 unspecified atom stereocenters. The molecule has 3 aromatic heterocycles. The van der Waals surface area contributed by atoms with Crippen molar-refractivity contribution in [2.75, 3.05) is 5.73 Å². The van der Waals surface area contributed by atoms with Crippen LogP contribution in [0.3, 0.4) is 0 Å². The lowest BCUT2D eigenvalue weighted by Gasteiger charge is -2.10. The van der Waals surface area contributed by atoms with Crippen molar-refractivity contribution in [2.45, 2.75) is 25.0 Å². The molecule has 3 heterocycles. The number of benzene rings is 1. The molecule has 5 rings (SSSR count). The summed E-state index contributed by atoms with van der Waals surface area (Å²) in [5.74, 6) is 0.285. The molecule has 7 nitrogen and oxygen atoms in total. The predicted octanol–water partition coefficient (Wildman–Crippen LogP) is 2.64. The number of halogens is 1. The van der Waals surface area contributed by atoms with E-state index in [0.717, 1.165) is 5.39 Å². The molecule has 28 heavy (non-hydrogen) atoms. The van der Waals surface area contributed by atoms with Gasteiger partial charge in [0.2, 0.25) is 0 Å². The average Bonchev–Trinajstić information content (AvgIpc) is 3.34. The fraction of sp³-hybridized carbons (Fsp3) is 0.200. The number of fused-ring (bicyclic) bond motifs is 1. The van der Waals surface area contributed by atoms with Crippen molar-refractivity contribution < 1.29 is 9.50 Å². The Morgan fingerprint density at radius 1 is 1.14 bits per heavy atom. The van der Waals surface area contributed by atoms with Gasteiger partial charge < -0.3 is 10.8 Å². The van der Waals surface area contributed by atoms with Gasteiger partial charge in [-0.15, -0.1) is 0 Å². The standard InChI is InChI=1S/C20H17FN6O/c21-15-6-2-1-4-12(15)11-27-19-13(5-3-9-23-19)16(26-27)18-24-10-14(17(22)25-18)20(28)7-8-20/h1-6,9-10,28H,7-8,11H2,(H2,22,24,25). The predicted molar refractivity (Wildman–Crippen MR) is 102 cm³/mol. The third kappa shape index (κ3) is 2.69. The topological polar surface area (TPSA) is 103 Å². The van der Waals surface area contributed by atoms with E-state index >= 15 is 0 Å². The highest BCUT2D eigenvalue weighted by atomic mass is 19.1. The summed E-state index contributed by atoms with van der Waals surface area (Å²) in [4.78, 5) is 13.1. The van der Waals surface area contributed by atoms with E-state index < -0.39 is 5.60 Å². The van der Waals surface area contributed by atoms with E-state index in [0.29, 0.717) is 41.1 Å². The summed E-state index contributed by atoms with van der Waals surface area (Å²) >= 11 is 0. The van der Waals surface area contributed by atoms with Gasteiger partial charge in [-0.3, -0.25) is 0 Å². The van der Waals surface area contributed by atoms with E-state index in [-0.39, 0.29) is 18.2 Å². The second kappa shape index (κ2) is 6.07. The van der Waals surface area contributed by atoms with Crippen molar-refractivity contribution >= 4 is 16.9 Å². The Balaban J connectivity index is 1.61. The highest BCUT2D eigenvalue weighted by Gasteiger charge is 2.44. The first-order valence-corrected chi connectivity index (χ1v) is 8.96. The van der Waals surface area contributed by atoms with Crippen LogP contribution in [-0.4, -0.2) is 29.8 Å². The van der Waals surface area contributed by atoms with Crippen LogP contribution in [0.25, 0.3) is 22.6 Å². The largest absolute Gasteiger partial charge is 0.385 e. The number of hydrogen-bond donors (Lipinski definition) is 2. The number of anilines is 1. The summed E-state index contributed by atoms with van der Waals surface area (Å²) in [6.45, 7) is 0.230. The van der Waals surface area contributed by atoms with Gasteiger partial charge in [0.15, 0.2) is 11.5 Å². The van der Waals surface area contributed by atoms with Crippen LogP contribution >= 0.6 is 0 Å². The molecule has 0 atom stereocenters. The number of pyridine rings is 1.